The highest BCUT2D eigenvalue weighted by atomic mass is 16.8. The zero-order valence-corrected chi connectivity index (χ0v) is 19.3. The Labute approximate surface area is 205 Å². The van der Waals surface area contributed by atoms with Gasteiger partial charge >= 0.3 is 6.96 Å². The van der Waals surface area contributed by atoms with Crippen molar-refractivity contribution in [3.05, 3.63) is 144 Å². The molecule has 2 unspecified atom stereocenters. The molecule has 0 fully saturated rings. The van der Waals surface area contributed by atoms with E-state index >= 15 is 0 Å². The van der Waals surface area contributed by atoms with Gasteiger partial charge < -0.3 is 18.0 Å². The lowest BCUT2D eigenvalue weighted by Crippen LogP contribution is -2.50. The van der Waals surface area contributed by atoms with E-state index in [0.717, 1.165) is 33.8 Å². The van der Waals surface area contributed by atoms with Gasteiger partial charge in [0.25, 0.3) is 11.6 Å². The van der Waals surface area contributed by atoms with Gasteiger partial charge in [0.1, 0.15) is 0 Å². The molecule has 2 aliphatic heterocycles. The normalized spacial score (nSPS) is 24.0. The number of hydrogen-bond acceptors (Lipinski definition) is 2. The third-order valence-corrected chi connectivity index (χ3v) is 6.51. The minimum Gasteiger partial charge on any atom is -0.387 e. The van der Waals surface area contributed by atoms with E-state index in [2.05, 4.69) is 24.3 Å². The molecule has 0 radical (unpaired) electrons. The number of rotatable bonds is 4. The monoisotopic (exact) mass is 461 g/mol. The molecule has 0 saturated carbocycles. The van der Waals surface area contributed by atoms with Crippen molar-refractivity contribution in [2.75, 3.05) is 0 Å². The van der Waals surface area contributed by atoms with E-state index < -0.39 is 6.96 Å². The molecule has 0 aliphatic carbocycles. The summed E-state index contributed by atoms with van der Waals surface area (Å²) in [4.78, 5) is 0. The van der Waals surface area contributed by atoms with Crippen molar-refractivity contribution in [2.45, 2.75) is 25.0 Å². The molecule has 172 valence electrons. The molecule has 5 heteroatoms. The summed E-state index contributed by atoms with van der Waals surface area (Å²) in [6, 6.07) is 40.6. The number of ketones is 2. The summed E-state index contributed by atoms with van der Waals surface area (Å²) >= 11 is 0. The van der Waals surface area contributed by atoms with Crippen LogP contribution < -0.4 is 0 Å². The molecule has 4 aromatic rings. The smallest absolute Gasteiger partial charge is 0.387 e. The summed E-state index contributed by atoms with van der Waals surface area (Å²) in [5, 5.41) is 0. The third kappa shape index (κ3) is 4.61. The van der Waals surface area contributed by atoms with Gasteiger partial charge in [0.2, 0.25) is 0 Å². The molecular formula is C30H26BO4+. The highest BCUT2D eigenvalue weighted by Crippen LogP contribution is 2.40. The third-order valence-electron chi connectivity index (χ3n) is 6.51. The molecule has 2 atom stereocenters. The SMILES string of the molecule is c1ccc(C2=[O+][B-]3(OC(c4ccccc4)C2)OC(c2ccccc2)CC(c2ccccc2)=[O+]3)cc1. The average Bonchev–Trinajstić information content (AvgIpc) is 2.94. The predicted molar refractivity (Wildman–Crippen MR) is 137 cm³/mol. The summed E-state index contributed by atoms with van der Waals surface area (Å²) < 4.78 is 26.3. The van der Waals surface area contributed by atoms with Crippen molar-refractivity contribution in [2.24, 2.45) is 0 Å². The molecule has 0 aromatic heterocycles. The molecular weight excluding hydrogens is 435 g/mol. The van der Waals surface area contributed by atoms with Gasteiger partial charge in [0.15, 0.2) is 0 Å². The Bertz CT molecular complexity index is 1230. The van der Waals surface area contributed by atoms with E-state index in [1.165, 1.54) is 0 Å². The highest BCUT2D eigenvalue weighted by Gasteiger charge is 2.74. The number of carbonyl (C=O) groups excluding carboxylic acids is 2. The second-order valence-electron chi connectivity index (χ2n) is 8.87. The van der Waals surface area contributed by atoms with Gasteiger partial charge in [-0.25, -0.2) is 0 Å². The maximum Gasteiger partial charge on any atom is 1.16 e. The molecule has 6 rings (SSSR count). The van der Waals surface area contributed by atoms with E-state index in [0.29, 0.717) is 12.8 Å². The van der Waals surface area contributed by atoms with Crippen molar-refractivity contribution in [3.63, 3.8) is 0 Å². The standard InChI is InChI=1S/C30H26BO4/c1-5-13-23(14-6-1)27-21-28(24-15-7-2-8-16-24)33-31(32-27)34-29(25-17-9-3-10-18-25)22-30(35-31)26-19-11-4-12-20-26/h1-20,27,29H,21-22H2/q+1. The van der Waals surface area contributed by atoms with E-state index in [1.54, 1.807) is 0 Å². The molecule has 1 spiro atoms. The van der Waals surface area contributed by atoms with E-state index in [1.807, 2.05) is 97.1 Å². The fourth-order valence-corrected chi connectivity index (χ4v) is 4.80. The lowest BCUT2D eigenvalue weighted by molar-refractivity contribution is -0.380. The van der Waals surface area contributed by atoms with Gasteiger partial charge in [0.05, 0.1) is 36.2 Å². The van der Waals surface area contributed by atoms with Gasteiger partial charge in [-0.1, -0.05) is 97.1 Å². The molecule has 0 N–H and O–H groups in total. The minimum atomic E-state index is -2.58. The Morgan fingerprint density at radius 2 is 0.829 bits per heavy atom. The first kappa shape index (κ1) is 21.7. The Hall–Kier alpha value is -3.80. The van der Waals surface area contributed by atoms with E-state index in [4.69, 9.17) is 18.0 Å². The summed E-state index contributed by atoms with van der Waals surface area (Å²) in [6.45, 7) is -2.58. The quantitative estimate of drug-likeness (QED) is 0.254. The Morgan fingerprint density at radius 1 is 0.486 bits per heavy atom. The van der Waals surface area contributed by atoms with Crippen LogP contribution in [0, 0.1) is 0 Å². The highest BCUT2D eigenvalue weighted by molar-refractivity contribution is 6.51. The van der Waals surface area contributed by atoms with Gasteiger partial charge in [0, 0.05) is 0 Å². The molecule has 2 heterocycles. The van der Waals surface area contributed by atoms with E-state index in [9.17, 15) is 0 Å². The molecule has 35 heavy (non-hydrogen) atoms. The van der Waals surface area contributed by atoms with Gasteiger partial charge in [-0.3, -0.25) is 0 Å². The maximum atomic E-state index is 6.61. The Morgan fingerprint density at radius 3 is 1.20 bits per heavy atom. The lowest BCUT2D eigenvalue weighted by Gasteiger charge is -2.31. The largest absolute Gasteiger partial charge is 1.16 e. The van der Waals surface area contributed by atoms with Crippen molar-refractivity contribution in [1.82, 2.24) is 0 Å². The molecule has 0 bridgehead atoms. The summed E-state index contributed by atoms with van der Waals surface area (Å²) in [6.07, 6.45) is 0.625. The number of benzene rings is 4. The van der Waals surface area contributed by atoms with Gasteiger partial charge in [-0.05, 0) is 35.4 Å². The average molecular weight is 461 g/mol. The predicted octanol–water partition coefficient (Wildman–Crippen LogP) is 6.58. The van der Waals surface area contributed by atoms with Crippen molar-refractivity contribution >= 4 is 18.5 Å². The molecule has 0 amide bonds. The zero-order chi connectivity index (χ0) is 23.5. The maximum absolute atomic E-state index is 6.61. The van der Waals surface area contributed by atoms with Crippen LogP contribution in [-0.4, -0.2) is 18.5 Å². The summed E-state index contributed by atoms with van der Waals surface area (Å²) in [7, 11) is 0. The van der Waals surface area contributed by atoms with Crippen LogP contribution in [0.5, 0.6) is 0 Å². The molecule has 4 aromatic carbocycles. The molecule has 0 saturated heterocycles. The van der Waals surface area contributed by atoms with Crippen molar-refractivity contribution in [3.8, 4) is 0 Å². The lowest BCUT2D eigenvalue weighted by atomic mass is 9.89. The zero-order valence-electron chi connectivity index (χ0n) is 19.3. The van der Waals surface area contributed by atoms with Crippen LogP contribution in [0.1, 0.15) is 56.0 Å². The van der Waals surface area contributed by atoms with Crippen LogP contribution >= 0.6 is 0 Å². The van der Waals surface area contributed by atoms with Crippen LogP contribution in [0.4, 0.5) is 0 Å². The van der Waals surface area contributed by atoms with Crippen molar-refractivity contribution < 1.29 is 18.0 Å². The first-order chi connectivity index (χ1) is 17.3. The van der Waals surface area contributed by atoms with Crippen LogP contribution in [-0.2, 0) is 9.31 Å². The second-order valence-corrected chi connectivity index (χ2v) is 8.87. The number of hydrogen-bond donors (Lipinski definition) is 0. The Kier molecular flexibility index (Phi) is 5.87. The van der Waals surface area contributed by atoms with Crippen LogP contribution in [0.2, 0.25) is 0 Å². The second kappa shape index (κ2) is 9.45. The summed E-state index contributed by atoms with van der Waals surface area (Å²) in [5.74, 6) is 1.60. The molecule has 2 aliphatic rings. The van der Waals surface area contributed by atoms with Crippen LogP contribution in [0.25, 0.3) is 0 Å². The first-order valence-corrected chi connectivity index (χ1v) is 12.1. The van der Waals surface area contributed by atoms with E-state index in [-0.39, 0.29) is 12.2 Å². The van der Waals surface area contributed by atoms with Gasteiger partial charge in [-0.2, -0.15) is 0 Å². The molecule has 4 nitrogen and oxygen atoms in total. The van der Waals surface area contributed by atoms with Crippen molar-refractivity contribution in [1.29, 1.82) is 0 Å². The fourth-order valence-electron chi connectivity index (χ4n) is 4.80. The summed E-state index contributed by atoms with van der Waals surface area (Å²) in [5.41, 5.74) is 4.10. The fraction of sp³-hybridized carbons (Fsp3) is 0.133. The topological polar surface area (TPSA) is 41.1 Å². The van der Waals surface area contributed by atoms with Crippen LogP contribution in [0.3, 0.4) is 0 Å². The first-order valence-electron chi connectivity index (χ1n) is 12.1. The minimum absolute atomic E-state index is 0.272. The van der Waals surface area contributed by atoms with Gasteiger partial charge in [-0.15, -0.1) is 0 Å². The Balaban J connectivity index is 1.50. The van der Waals surface area contributed by atoms with Crippen LogP contribution in [0.15, 0.2) is 121 Å².